The number of anilines is 1. The van der Waals surface area contributed by atoms with Crippen molar-refractivity contribution in [2.45, 2.75) is 17.4 Å². The Balaban J connectivity index is 2.44. The highest BCUT2D eigenvalue weighted by atomic mass is 32.2. The van der Waals surface area contributed by atoms with E-state index < -0.39 is 22.0 Å². The van der Waals surface area contributed by atoms with Gasteiger partial charge < -0.3 is 10.8 Å². The molecule has 23 heavy (non-hydrogen) atoms. The van der Waals surface area contributed by atoms with Crippen molar-refractivity contribution in [3.05, 3.63) is 36.4 Å². The smallest absolute Gasteiger partial charge is 0.321 e. The summed E-state index contributed by atoms with van der Waals surface area (Å²) >= 11 is 1.46. The lowest BCUT2D eigenvalue weighted by atomic mass is 10.1. The summed E-state index contributed by atoms with van der Waals surface area (Å²) in [5.41, 5.74) is 6.34. The molecule has 0 aliphatic heterocycles. The van der Waals surface area contributed by atoms with Crippen molar-refractivity contribution in [2.24, 2.45) is 0 Å². The number of hydrogen-bond acceptors (Lipinski definition) is 5. The normalized spacial score (nSPS) is 13.1. The second-order valence-electron chi connectivity index (χ2n) is 4.99. The van der Waals surface area contributed by atoms with Crippen LogP contribution >= 0.6 is 11.8 Å². The second kappa shape index (κ2) is 7.20. The number of thioether (sulfide) groups is 1. The molecule has 0 aliphatic carbocycles. The Morgan fingerprint density at radius 2 is 1.91 bits per heavy atom. The van der Waals surface area contributed by atoms with Crippen molar-refractivity contribution in [3.63, 3.8) is 0 Å². The average molecular weight is 354 g/mol. The number of aliphatic carboxylic acids is 1. The maximum Gasteiger partial charge on any atom is 0.321 e. The van der Waals surface area contributed by atoms with E-state index in [1.807, 2.05) is 6.26 Å². The van der Waals surface area contributed by atoms with Crippen molar-refractivity contribution in [2.75, 3.05) is 17.7 Å². The van der Waals surface area contributed by atoms with Gasteiger partial charge in [-0.15, -0.1) is 0 Å². The van der Waals surface area contributed by atoms with Crippen LogP contribution in [0, 0.1) is 0 Å². The quantitative estimate of drug-likeness (QED) is 0.655. The fourth-order valence-corrected chi connectivity index (χ4v) is 4.15. The Labute approximate surface area is 139 Å². The van der Waals surface area contributed by atoms with Gasteiger partial charge in [0.25, 0.3) is 0 Å². The second-order valence-corrected chi connectivity index (χ2v) is 7.66. The van der Waals surface area contributed by atoms with E-state index in [9.17, 15) is 18.3 Å². The predicted octanol–water partition coefficient (Wildman–Crippen LogP) is 1.91. The van der Waals surface area contributed by atoms with Crippen molar-refractivity contribution >= 4 is 44.2 Å². The molecule has 2 aromatic rings. The van der Waals surface area contributed by atoms with E-state index in [0.717, 1.165) is 0 Å². The minimum absolute atomic E-state index is 0.0256. The zero-order chi connectivity index (χ0) is 17.0. The number of hydrogen-bond donors (Lipinski definition) is 3. The summed E-state index contributed by atoms with van der Waals surface area (Å²) in [7, 11) is -3.97. The lowest BCUT2D eigenvalue weighted by molar-refractivity contribution is -0.139. The molecule has 0 spiro atoms. The van der Waals surface area contributed by atoms with Crippen LogP contribution in [0.3, 0.4) is 0 Å². The summed E-state index contributed by atoms with van der Waals surface area (Å²) in [5.74, 6) is -0.649. The van der Waals surface area contributed by atoms with Gasteiger partial charge in [0.2, 0.25) is 10.0 Å². The van der Waals surface area contributed by atoms with E-state index in [1.165, 1.54) is 23.9 Å². The molecular weight excluding hydrogens is 336 g/mol. The summed E-state index contributed by atoms with van der Waals surface area (Å²) < 4.78 is 27.5. The third-order valence-electron chi connectivity index (χ3n) is 3.41. The lowest BCUT2D eigenvalue weighted by Gasteiger charge is -2.16. The van der Waals surface area contributed by atoms with Crippen LogP contribution < -0.4 is 10.5 Å². The summed E-state index contributed by atoms with van der Waals surface area (Å²) in [6.45, 7) is 0. The highest BCUT2D eigenvalue weighted by Gasteiger charge is 2.26. The Kier molecular flexibility index (Phi) is 5.51. The largest absolute Gasteiger partial charge is 0.480 e. The van der Waals surface area contributed by atoms with Gasteiger partial charge >= 0.3 is 5.97 Å². The van der Waals surface area contributed by atoms with Crippen LogP contribution in [0.15, 0.2) is 41.3 Å². The van der Waals surface area contributed by atoms with Crippen LogP contribution in [-0.2, 0) is 14.8 Å². The zero-order valence-corrected chi connectivity index (χ0v) is 14.2. The van der Waals surface area contributed by atoms with E-state index in [-0.39, 0.29) is 11.3 Å². The number of nitrogen functional groups attached to an aromatic ring is 1. The fourth-order valence-electron chi connectivity index (χ4n) is 2.25. The molecular formula is C15H18N2O4S2. The summed E-state index contributed by atoms with van der Waals surface area (Å²) in [6.07, 6.45) is 2.05. The number of sulfonamides is 1. The van der Waals surface area contributed by atoms with Gasteiger partial charge in [-0.05, 0) is 30.6 Å². The first-order valence-electron chi connectivity index (χ1n) is 6.88. The van der Waals surface area contributed by atoms with E-state index in [1.54, 1.807) is 24.3 Å². The molecule has 124 valence electrons. The van der Waals surface area contributed by atoms with Gasteiger partial charge in [-0.25, -0.2) is 8.42 Å². The topological polar surface area (TPSA) is 109 Å². The third kappa shape index (κ3) is 3.95. The van der Waals surface area contributed by atoms with E-state index in [4.69, 9.17) is 5.73 Å². The monoisotopic (exact) mass is 354 g/mol. The third-order valence-corrected chi connectivity index (χ3v) is 5.59. The SMILES string of the molecule is CSCCC(NS(=O)(=O)c1ccc(N)c2ccccc12)C(=O)O. The first kappa shape index (κ1) is 17.6. The van der Waals surface area contributed by atoms with Crippen molar-refractivity contribution in [3.8, 4) is 0 Å². The molecule has 0 saturated heterocycles. The predicted molar refractivity (Wildman–Crippen MR) is 93.1 cm³/mol. The number of nitrogens with two attached hydrogens (primary N) is 1. The zero-order valence-electron chi connectivity index (χ0n) is 12.5. The highest BCUT2D eigenvalue weighted by Crippen LogP contribution is 2.27. The van der Waals surface area contributed by atoms with E-state index in [0.29, 0.717) is 22.2 Å². The molecule has 2 aromatic carbocycles. The van der Waals surface area contributed by atoms with Crippen LogP contribution in [0.4, 0.5) is 5.69 Å². The molecule has 8 heteroatoms. The van der Waals surface area contributed by atoms with E-state index >= 15 is 0 Å². The van der Waals surface area contributed by atoms with Gasteiger partial charge in [0.1, 0.15) is 6.04 Å². The lowest BCUT2D eigenvalue weighted by Crippen LogP contribution is -2.41. The molecule has 0 aromatic heterocycles. The molecule has 1 unspecified atom stereocenters. The maximum atomic E-state index is 12.6. The van der Waals surface area contributed by atoms with Gasteiger partial charge in [-0.2, -0.15) is 16.5 Å². The Morgan fingerprint density at radius 3 is 2.52 bits per heavy atom. The first-order chi connectivity index (χ1) is 10.9. The summed E-state index contributed by atoms with van der Waals surface area (Å²) in [6, 6.07) is 8.60. The molecule has 0 saturated carbocycles. The number of fused-ring (bicyclic) bond motifs is 1. The van der Waals surface area contributed by atoms with Crippen LogP contribution in [-0.4, -0.2) is 37.5 Å². The molecule has 4 N–H and O–H groups in total. The first-order valence-corrected chi connectivity index (χ1v) is 9.76. The fraction of sp³-hybridized carbons (Fsp3) is 0.267. The van der Waals surface area contributed by atoms with Crippen molar-refractivity contribution in [1.29, 1.82) is 0 Å². The Bertz CT molecular complexity index is 821. The van der Waals surface area contributed by atoms with Gasteiger partial charge in [0, 0.05) is 16.5 Å². The summed E-state index contributed by atoms with van der Waals surface area (Å²) in [5, 5.41) is 10.3. The molecule has 2 rings (SSSR count). The minimum atomic E-state index is -3.97. The number of rotatable bonds is 7. The number of nitrogens with one attached hydrogen (secondary N) is 1. The Hall–Kier alpha value is -1.77. The molecule has 1 atom stereocenters. The number of carbonyl (C=O) groups is 1. The highest BCUT2D eigenvalue weighted by molar-refractivity contribution is 7.98. The van der Waals surface area contributed by atoms with Crippen LogP contribution in [0.1, 0.15) is 6.42 Å². The summed E-state index contributed by atoms with van der Waals surface area (Å²) in [4.78, 5) is 11.3. The Morgan fingerprint density at radius 1 is 1.26 bits per heavy atom. The van der Waals surface area contributed by atoms with Crippen LogP contribution in [0.5, 0.6) is 0 Å². The van der Waals surface area contributed by atoms with Crippen LogP contribution in [0.2, 0.25) is 0 Å². The van der Waals surface area contributed by atoms with Gasteiger partial charge in [0.15, 0.2) is 0 Å². The van der Waals surface area contributed by atoms with Crippen molar-refractivity contribution in [1.82, 2.24) is 4.72 Å². The van der Waals surface area contributed by atoms with Crippen molar-refractivity contribution < 1.29 is 18.3 Å². The number of carboxylic acids is 1. The maximum absolute atomic E-state index is 12.6. The number of carboxylic acid groups (broad SMARTS) is 1. The van der Waals surface area contributed by atoms with Crippen LogP contribution in [0.25, 0.3) is 10.8 Å². The molecule has 0 amide bonds. The minimum Gasteiger partial charge on any atom is -0.480 e. The standard InChI is InChI=1S/C15H18N2O4S2/c1-22-9-8-13(15(18)19)17-23(20,21)14-7-6-12(16)10-4-2-3-5-11(10)14/h2-7,13,17H,8-9,16H2,1H3,(H,18,19). The average Bonchev–Trinajstić information content (AvgIpc) is 2.51. The van der Waals surface area contributed by atoms with Gasteiger partial charge in [0.05, 0.1) is 4.90 Å². The number of benzene rings is 2. The van der Waals surface area contributed by atoms with E-state index in [2.05, 4.69) is 4.72 Å². The molecule has 0 heterocycles. The molecule has 0 aliphatic rings. The molecule has 0 fully saturated rings. The molecule has 6 nitrogen and oxygen atoms in total. The van der Waals surface area contributed by atoms with Gasteiger partial charge in [-0.1, -0.05) is 24.3 Å². The van der Waals surface area contributed by atoms with Gasteiger partial charge in [-0.3, -0.25) is 4.79 Å². The molecule has 0 radical (unpaired) electrons. The molecule has 0 bridgehead atoms.